The number of nitrogens with zero attached hydrogens (tertiary/aromatic N) is 2. The minimum Gasteiger partial charge on any atom is -0.358 e. The van der Waals surface area contributed by atoms with Gasteiger partial charge in [-0.25, -0.2) is 0 Å². The predicted molar refractivity (Wildman–Crippen MR) is 87.0 cm³/mol. The Morgan fingerprint density at radius 1 is 0.667 bits per heavy atom. The Hall–Kier alpha value is -2.00. The lowest BCUT2D eigenvalue weighted by Crippen LogP contribution is -2.50. The monoisotopic (exact) mass is 282 g/mol. The number of quaternary nitrogens is 1. The quantitative estimate of drug-likeness (QED) is 0.549. The summed E-state index contributed by atoms with van der Waals surface area (Å²) >= 11 is 0. The van der Waals surface area contributed by atoms with Crippen molar-refractivity contribution in [3.05, 3.63) is 60.2 Å². The zero-order valence-electron chi connectivity index (χ0n) is 12.5. The van der Waals surface area contributed by atoms with Gasteiger partial charge in [0, 0.05) is 0 Å². The number of unbranched alkanes of at least 4 members (excludes halogenated alkanes) is 3. The molecule has 3 nitrogen and oxygen atoms in total. The molecule has 0 atom stereocenters. The Labute approximate surface area is 126 Å². The van der Waals surface area contributed by atoms with E-state index in [1.807, 2.05) is 42.5 Å². The van der Waals surface area contributed by atoms with Crippen LogP contribution in [0.2, 0.25) is 0 Å². The first kappa shape index (κ1) is 15.4. The molecular formula is C18H24N3+. The zero-order valence-corrected chi connectivity index (χ0v) is 12.5. The molecule has 0 saturated carbocycles. The molecular weight excluding hydrogens is 258 g/mol. The second-order valence-electron chi connectivity index (χ2n) is 5.22. The molecule has 0 aliphatic heterocycles. The van der Waals surface area contributed by atoms with Gasteiger partial charge < -0.3 is 5.73 Å². The fraction of sp³-hybridized carbons (Fsp3) is 0.333. The molecule has 2 rings (SSSR count). The van der Waals surface area contributed by atoms with Crippen molar-refractivity contribution in [3.63, 3.8) is 0 Å². The summed E-state index contributed by atoms with van der Waals surface area (Å²) in [6.45, 7) is 1.06. The lowest BCUT2D eigenvalue weighted by molar-refractivity contribution is -0.368. The lowest BCUT2D eigenvalue weighted by Gasteiger charge is -2.01. The van der Waals surface area contributed by atoms with Gasteiger partial charge in [-0.3, -0.25) is 0 Å². The zero-order chi connectivity index (χ0) is 14.8. The van der Waals surface area contributed by atoms with E-state index < -0.39 is 0 Å². The van der Waals surface area contributed by atoms with E-state index in [1.165, 1.54) is 31.2 Å². The van der Waals surface area contributed by atoms with Crippen molar-refractivity contribution in [2.24, 2.45) is 10.2 Å². The van der Waals surface area contributed by atoms with Crippen LogP contribution in [0, 0.1) is 0 Å². The Kier molecular flexibility index (Phi) is 6.62. The van der Waals surface area contributed by atoms with E-state index >= 15 is 0 Å². The molecule has 3 N–H and O–H groups in total. The molecule has 0 aromatic heterocycles. The minimum atomic E-state index is 0.881. The molecule has 110 valence electrons. The van der Waals surface area contributed by atoms with Crippen LogP contribution in [0.4, 0.5) is 11.4 Å². The number of azo groups is 1. The molecule has 2 aromatic carbocycles. The van der Waals surface area contributed by atoms with Crippen molar-refractivity contribution in [1.82, 2.24) is 0 Å². The molecule has 3 heteroatoms. The highest BCUT2D eigenvalue weighted by atomic mass is 15.1. The van der Waals surface area contributed by atoms with Crippen molar-refractivity contribution in [1.29, 1.82) is 0 Å². The van der Waals surface area contributed by atoms with Gasteiger partial charge >= 0.3 is 0 Å². The Morgan fingerprint density at radius 2 is 1.29 bits per heavy atom. The third kappa shape index (κ3) is 5.88. The van der Waals surface area contributed by atoms with Crippen LogP contribution in [0.5, 0.6) is 0 Å². The highest BCUT2D eigenvalue weighted by Crippen LogP contribution is 2.19. The molecule has 0 radical (unpaired) electrons. The van der Waals surface area contributed by atoms with Crippen LogP contribution in [0.25, 0.3) is 0 Å². The van der Waals surface area contributed by atoms with E-state index in [-0.39, 0.29) is 0 Å². The maximum Gasteiger partial charge on any atom is 0.0857 e. The third-order valence-electron chi connectivity index (χ3n) is 3.44. The molecule has 0 unspecified atom stereocenters. The first-order valence-corrected chi connectivity index (χ1v) is 7.73. The van der Waals surface area contributed by atoms with Crippen molar-refractivity contribution in [2.45, 2.75) is 32.1 Å². The lowest BCUT2D eigenvalue weighted by atomic mass is 10.1. The van der Waals surface area contributed by atoms with Crippen LogP contribution < -0.4 is 5.73 Å². The summed E-state index contributed by atoms with van der Waals surface area (Å²) in [6.07, 6.45) is 6.24. The Morgan fingerprint density at radius 3 is 1.95 bits per heavy atom. The van der Waals surface area contributed by atoms with E-state index in [0.717, 1.165) is 24.3 Å². The first-order chi connectivity index (χ1) is 10.4. The fourth-order valence-electron chi connectivity index (χ4n) is 2.20. The fourth-order valence-corrected chi connectivity index (χ4v) is 2.20. The summed E-state index contributed by atoms with van der Waals surface area (Å²) in [4.78, 5) is 0. The smallest absolute Gasteiger partial charge is 0.0857 e. The van der Waals surface area contributed by atoms with E-state index in [1.54, 1.807) is 0 Å². The van der Waals surface area contributed by atoms with Gasteiger partial charge in [0.1, 0.15) is 0 Å². The van der Waals surface area contributed by atoms with Gasteiger partial charge in [-0.2, -0.15) is 10.2 Å². The van der Waals surface area contributed by atoms with Crippen molar-refractivity contribution >= 4 is 11.4 Å². The van der Waals surface area contributed by atoms with Crippen LogP contribution in [-0.2, 0) is 6.42 Å². The molecule has 0 amide bonds. The van der Waals surface area contributed by atoms with Crippen molar-refractivity contribution in [3.8, 4) is 0 Å². The highest BCUT2D eigenvalue weighted by molar-refractivity contribution is 5.40. The van der Waals surface area contributed by atoms with Crippen LogP contribution in [-0.4, -0.2) is 6.54 Å². The van der Waals surface area contributed by atoms with Crippen molar-refractivity contribution < 1.29 is 5.73 Å². The first-order valence-electron chi connectivity index (χ1n) is 7.73. The number of hydrogen-bond donors (Lipinski definition) is 1. The third-order valence-corrected chi connectivity index (χ3v) is 3.44. The van der Waals surface area contributed by atoms with Crippen LogP contribution >= 0.6 is 0 Å². The predicted octanol–water partition coefficient (Wildman–Crippen LogP) is 4.45. The topological polar surface area (TPSA) is 52.4 Å². The van der Waals surface area contributed by atoms with Crippen LogP contribution in [0.3, 0.4) is 0 Å². The molecule has 0 bridgehead atoms. The maximum absolute atomic E-state index is 4.26. The molecule has 0 spiro atoms. The normalized spacial score (nSPS) is 11.1. The van der Waals surface area contributed by atoms with Gasteiger partial charge in [0.25, 0.3) is 0 Å². The van der Waals surface area contributed by atoms with Gasteiger partial charge in [0.15, 0.2) is 0 Å². The summed E-state index contributed by atoms with van der Waals surface area (Å²) in [5.41, 5.74) is 7.03. The Bertz CT molecular complexity index is 532. The molecule has 0 aliphatic carbocycles. The molecule has 0 aliphatic rings. The summed E-state index contributed by atoms with van der Waals surface area (Å²) in [5.74, 6) is 0. The van der Waals surface area contributed by atoms with Crippen molar-refractivity contribution in [2.75, 3.05) is 6.54 Å². The Balaban J connectivity index is 1.80. The van der Waals surface area contributed by atoms with Crippen LogP contribution in [0.1, 0.15) is 31.2 Å². The largest absolute Gasteiger partial charge is 0.358 e. The van der Waals surface area contributed by atoms with E-state index in [0.29, 0.717) is 0 Å². The second kappa shape index (κ2) is 9.03. The van der Waals surface area contributed by atoms with Gasteiger partial charge in [0.2, 0.25) is 0 Å². The van der Waals surface area contributed by atoms with Crippen LogP contribution in [0.15, 0.2) is 64.8 Å². The number of hydrogen-bond acceptors (Lipinski definition) is 2. The summed E-state index contributed by atoms with van der Waals surface area (Å²) in [6, 6.07) is 18.2. The molecule has 0 saturated heterocycles. The van der Waals surface area contributed by atoms with Gasteiger partial charge in [-0.05, 0) is 55.5 Å². The van der Waals surface area contributed by atoms with Gasteiger partial charge in [-0.15, -0.1) is 0 Å². The second-order valence-corrected chi connectivity index (χ2v) is 5.22. The maximum atomic E-state index is 4.26. The van der Waals surface area contributed by atoms with Gasteiger partial charge in [0.05, 0.1) is 17.9 Å². The number of rotatable bonds is 8. The van der Waals surface area contributed by atoms with E-state index in [4.69, 9.17) is 0 Å². The molecule has 21 heavy (non-hydrogen) atoms. The standard InChI is InChI=1S/C18H23N3/c19-15-7-2-1-4-8-16-11-13-18(14-12-16)21-20-17-9-5-3-6-10-17/h3,5-6,9-14H,1-2,4,7-8,15,19H2/p+1. The van der Waals surface area contributed by atoms with E-state index in [9.17, 15) is 0 Å². The summed E-state index contributed by atoms with van der Waals surface area (Å²) in [7, 11) is 0. The highest BCUT2D eigenvalue weighted by Gasteiger charge is 1.95. The average molecular weight is 282 g/mol. The molecule has 0 fully saturated rings. The summed E-state index contributed by atoms with van der Waals surface area (Å²) in [5, 5.41) is 8.48. The molecule has 2 aromatic rings. The van der Waals surface area contributed by atoms with Gasteiger partial charge in [-0.1, -0.05) is 36.8 Å². The summed E-state index contributed by atoms with van der Waals surface area (Å²) < 4.78 is 0. The SMILES string of the molecule is [NH3+]CCCCCCc1ccc(N=Nc2ccccc2)cc1. The van der Waals surface area contributed by atoms with E-state index in [2.05, 4.69) is 28.1 Å². The molecule has 0 heterocycles. The average Bonchev–Trinajstić information content (AvgIpc) is 2.55. The number of benzene rings is 2. The minimum absolute atomic E-state index is 0.881. The number of aryl methyl sites for hydroxylation is 1.